The number of hydrogen-bond donors (Lipinski definition) is 3. The van der Waals surface area contributed by atoms with Gasteiger partial charge in [0.15, 0.2) is 0 Å². The average Bonchev–Trinajstić information content (AvgIpc) is 3.06. The topological polar surface area (TPSA) is 112 Å². The number of aromatic amines is 1. The monoisotopic (exact) mass is 424 g/mol. The fourth-order valence-electron chi connectivity index (χ4n) is 4.90. The summed E-state index contributed by atoms with van der Waals surface area (Å²) in [5.41, 5.74) is 0.868. The molecule has 0 spiro atoms. The summed E-state index contributed by atoms with van der Waals surface area (Å²) in [4.78, 5) is 31.3. The van der Waals surface area contributed by atoms with Crippen molar-refractivity contribution < 1.29 is 4.79 Å². The minimum Gasteiger partial charge on any atom is -0.367 e. The first-order valence-electron chi connectivity index (χ1n) is 10.6. The molecule has 1 aliphatic heterocycles. The molecule has 30 heavy (non-hydrogen) atoms. The van der Waals surface area contributed by atoms with Crippen LogP contribution in [0.4, 0.5) is 15.7 Å². The van der Waals surface area contributed by atoms with Gasteiger partial charge >= 0.3 is 6.03 Å². The molecule has 156 valence electrons. The fraction of sp³-hybridized carbons (Fsp3) is 0.550. The van der Waals surface area contributed by atoms with Gasteiger partial charge in [-0.2, -0.15) is 4.37 Å². The van der Waals surface area contributed by atoms with E-state index in [0.717, 1.165) is 54.4 Å². The van der Waals surface area contributed by atoms with Crippen molar-refractivity contribution in [2.75, 3.05) is 23.7 Å². The Morgan fingerprint density at radius 1 is 1.20 bits per heavy atom. The number of nitrogens with one attached hydrogen (secondary N) is 3. The molecule has 2 amide bonds. The molecule has 1 unspecified atom stereocenters. The van der Waals surface area contributed by atoms with Gasteiger partial charge < -0.3 is 15.2 Å². The summed E-state index contributed by atoms with van der Waals surface area (Å²) < 4.78 is 4.37. The van der Waals surface area contributed by atoms with Crippen molar-refractivity contribution in [3.8, 4) is 0 Å². The number of amides is 2. The van der Waals surface area contributed by atoms with Crippen molar-refractivity contribution in [2.45, 2.75) is 44.6 Å². The van der Waals surface area contributed by atoms with Gasteiger partial charge in [-0.05, 0) is 50.5 Å². The molecule has 6 rings (SSSR count). The number of aryl methyl sites for hydroxylation is 1. The zero-order chi connectivity index (χ0) is 20.2. The molecule has 9 nitrogen and oxygen atoms in total. The molecule has 0 radical (unpaired) electrons. The third kappa shape index (κ3) is 3.28. The number of nitrogens with zero attached hydrogens (tertiary/aromatic N) is 5. The highest BCUT2D eigenvalue weighted by atomic mass is 32.1. The first kappa shape index (κ1) is 18.1. The third-order valence-corrected chi connectivity index (χ3v) is 7.15. The second kappa shape index (κ2) is 6.90. The summed E-state index contributed by atoms with van der Waals surface area (Å²) in [5.74, 6) is 4.10. The zero-order valence-corrected chi connectivity index (χ0v) is 17.6. The van der Waals surface area contributed by atoms with Crippen molar-refractivity contribution >= 4 is 39.5 Å². The van der Waals surface area contributed by atoms with E-state index in [1.165, 1.54) is 24.4 Å². The van der Waals surface area contributed by atoms with Crippen LogP contribution in [0.2, 0.25) is 0 Å². The predicted octanol–water partition coefficient (Wildman–Crippen LogP) is 3.35. The molecular formula is C20H24N8OS. The number of H-pyrrole nitrogens is 1. The lowest BCUT2D eigenvalue weighted by molar-refractivity contribution is 0.218. The van der Waals surface area contributed by atoms with E-state index in [1.54, 1.807) is 0 Å². The number of rotatable bonds is 4. The summed E-state index contributed by atoms with van der Waals surface area (Å²) >= 11 is 1.29. The van der Waals surface area contributed by atoms with E-state index >= 15 is 0 Å². The van der Waals surface area contributed by atoms with Crippen LogP contribution in [0.25, 0.3) is 11.0 Å². The molecule has 3 aromatic rings. The molecule has 3 N–H and O–H groups in total. The first-order valence-corrected chi connectivity index (χ1v) is 11.4. The number of aromatic nitrogens is 5. The van der Waals surface area contributed by atoms with Gasteiger partial charge in [-0.1, -0.05) is 0 Å². The Morgan fingerprint density at radius 3 is 2.77 bits per heavy atom. The number of hydrogen-bond acceptors (Lipinski definition) is 7. The number of urea groups is 1. The van der Waals surface area contributed by atoms with Gasteiger partial charge in [0.2, 0.25) is 5.13 Å². The Hall–Kier alpha value is -2.75. The van der Waals surface area contributed by atoms with Crippen LogP contribution in [0, 0.1) is 18.8 Å². The van der Waals surface area contributed by atoms with E-state index in [0.29, 0.717) is 28.9 Å². The summed E-state index contributed by atoms with van der Waals surface area (Å²) in [6, 6.07) is 2.34. The highest BCUT2D eigenvalue weighted by Gasteiger charge is 2.42. The van der Waals surface area contributed by atoms with Crippen molar-refractivity contribution in [3.63, 3.8) is 0 Å². The lowest BCUT2D eigenvalue weighted by Gasteiger charge is -2.20. The van der Waals surface area contributed by atoms with Gasteiger partial charge in [-0.3, -0.25) is 5.32 Å². The van der Waals surface area contributed by atoms with Crippen molar-refractivity contribution in [2.24, 2.45) is 11.8 Å². The molecule has 10 heteroatoms. The molecule has 2 saturated carbocycles. The molecular weight excluding hydrogens is 400 g/mol. The standard InChI is InChI=1S/C20H24N8OS/c1-10-22-17-15(4-5-21-17)18(23-10)24-14-6-12-8-28(9-13(12)7-14)20(29)26-19-25-16(27-30-19)11-2-3-11/h4-5,11-14H,2-3,6-9H2,1H3,(H2,21,22,23,24)(H,25,26,27,29)/t12-,13+,14?. The molecule has 3 atom stereocenters. The summed E-state index contributed by atoms with van der Waals surface area (Å²) in [7, 11) is 0. The normalized spacial score (nSPS) is 25.6. The number of anilines is 2. The maximum Gasteiger partial charge on any atom is 0.323 e. The van der Waals surface area contributed by atoms with Gasteiger partial charge in [0.25, 0.3) is 0 Å². The molecule has 3 aliphatic rings. The number of likely N-dealkylation sites (tertiary alicyclic amines) is 1. The average molecular weight is 425 g/mol. The fourth-order valence-corrected chi connectivity index (χ4v) is 5.54. The van der Waals surface area contributed by atoms with Crippen LogP contribution < -0.4 is 10.6 Å². The van der Waals surface area contributed by atoms with Crippen LogP contribution in [0.15, 0.2) is 12.3 Å². The second-order valence-electron chi connectivity index (χ2n) is 8.76. The maximum absolute atomic E-state index is 12.7. The molecule has 3 fully saturated rings. The van der Waals surface area contributed by atoms with E-state index in [4.69, 9.17) is 0 Å². The molecule has 2 aliphatic carbocycles. The molecule has 0 bridgehead atoms. The minimum absolute atomic E-state index is 0.0483. The molecule has 3 aromatic heterocycles. The summed E-state index contributed by atoms with van der Waals surface area (Å²) in [6.07, 6.45) is 6.33. The van der Waals surface area contributed by atoms with Gasteiger partial charge in [-0.25, -0.2) is 19.7 Å². The van der Waals surface area contributed by atoms with Crippen molar-refractivity contribution in [1.29, 1.82) is 0 Å². The van der Waals surface area contributed by atoms with E-state index in [1.807, 2.05) is 24.1 Å². The van der Waals surface area contributed by atoms with Crippen LogP contribution in [-0.4, -0.2) is 54.4 Å². The van der Waals surface area contributed by atoms with Gasteiger partial charge in [0.1, 0.15) is 23.1 Å². The zero-order valence-electron chi connectivity index (χ0n) is 16.8. The SMILES string of the molecule is Cc1nc(NC2C[C@@H]3CN(C(=O)Nc4nc(C5CC5)ns4)C[C@@H]3C2)c2cc[nH]c2n1. The predicted molar refractivity (Wildman–Crippen MR) is 115 cm³/mol. The Bertz CT molecular complexity index is 1090. The Morgan fingerprint density at radius 2 is 2.00 bits per heavy atom. The number of fused-ring (bicyclic) bond motifs is 2. The summed E-state index contributed by atoms with van der Waals surface area (Å²) in [5, 5.41) is 8.23. The number of carbonyl (C=O) groups is 1. The second-order valence-corrected chi connectivity index (χ2v) is 9.51. The minimum atomic E-state index is -0.0483. The maximum atomic E-state index is 12.7. The molecule has 1 saturated heterocycles. The highest BCUT2D eigenvalue weighted by molar-refractivity contribution is 7.09. The van der Waals surface area contributed by atoms with E-state index in [-0.39, 0.29) is 6.03 Å². The highest BCUT2D eigenvalue weighted by Crippen LogP contribution is 2.41. The lowest BCUT2D eigenvalue weighted by atomic mass is 10.0. The molecule has 0 aromatic carbocycles. The van der Waals surface area contributed by atoms with E-state index in [9.17, 15) is 4.79 Å². The van der Waals surface area contributed by atoms with E-state index in [2.05, 4.69) is 34.9 Å². The van der Waals surface area contributed by atoms with Crippen LogP contribution in [0.5, 0.6) is 0 Å². The van der Waals surface area contributed by atoms with E-state index < -0.39 is 0 Å². The first-order chi connectivity index (χ1) is 14.6. The van der Waals surface area contributed by atoms with Crippen LogP contribution in [0.1, 0.15) is 43.3 Å². The molecule has 4 heterocycles. The van der Waals surface area contributed by atoms with Crippen LogP contribution in [0.3, 0.4) is 0 Å². The quantitative estimate of drug-likeness (QED) is 0.592. The Kier molecular flexibility index (Phi) is 4.15. The Labute approximate surface area is 177 Å². The third-order valence-electron chi connectivity index (χ3n) is 6.50. The van der Waals surface area contributed by atoms with Crippen molar-refractivity contribution in [3.05, 3.63) is 23.9 Å². The Balaban J connectivity index is 1.07. The largest absolute Gasteiger partial charge is 0.367 e. The van der Waals surface area contributed by atoms with Crippen molar-refractivity contribution in [1.82, 2.24) is 29.2 Å². The number of carbonyl (C=O) groups excluding carboxylic acids is 1. The van der Waals surface area contributed by atoms with Gasteiger partial charge in [-0.15, -0.1) is 0 Å². The summed E-state index contributed by atoms with van der Waals surface area (Å²) in [6.45, 7) is 3.51. The van der Waals surface area contributed by atoms with Gasteiger partial charge in [0.05, 0.1) is 5.39 Å². The lowest BCUT2D eigenvalue weighted by Crippen LogP contribution is -2.34. The smallest absolute Gasteiger partial charge is 0.323 e. The van der Waals surface area contributed by atoms with Crippen LogP contribution in [-0.2, 0) is 0 Å². The van der Waals surface area contributed by atoms with Gasteiger partial charge in [0, 0.05) is 42.8 Å². The van der Waals surface area contributed by atoms with Crippen LogP contribution >= 0.6 is 11.5 Å².